The molecule has 0 heterocycles. The second-order valence-corrected chi connectivity index (χ2v) is 7.27. The molecule has 0 aliphatic carbocycles. The normalized spacial score (nSPS) is 11.6. The van der Waals surface area contributed by atoms with Crippen LogP contribution < -0.4 is 0 Å². The Kier molecular flexibility index (Phi) is 4.03. The zero-order chi connectivity index (χ0) is 10.1. The van der Waals surface area contributed by atoms with E-state index in [1.54, 1.807) is 12.1 Å². The van der Waals surface area contributed by atoms with Crippen LogP contribution in [0.25, 0.3) is 0 Å². The van der Waals surface area contributed by atoms with E-state index in [0.29, 0.717) is 0 Å². The Morgan fingerprint density at radius 2 is 2.08 bits per heavy atom. The van der Waals surface area contributed by atoms with Gasteiger partial charge in [-0.15, -0.1) is 0 Å². The molecule has 13 heavy (non-hydrogen) atoms. The summed E-state index contributed by atoms with van der Waals surface area (Å²) in [6, 6.07) is 5.38. The van der Waals surface area contributed by atoms with Crippen LogP contribution in [0.2, 0.25) is 0 Å². The van der Waals surface area contributed by atoms with Crippen molar-refractivity contribution < 1.29 is 8.42 Å². The molecule has 0 atom stereocenters. The van der Waals surface area contributed by atoms with Gasteiger partial charge in [-0.25, -0.2) is 8.42 Å². The molecule has 0 aromatic heterocycles. The second-order valence-electron chi connectivity index (χ2n) is 2.42. The Bertz CT molecular complexity index is 419. The molecule has 1 aromatic carbocycles. The summed E-state index contributed by atoms with van der Waals surface area (Å²) in [4.78, 5) is 0. The molecule has 0 bridgehead atoms. The lowest BCUT2D eigenvalue weighted by molar-refractivity contribution is 0.609. The number of halogens is 3. The van der Waals surface area contributed by atoms with Gasteiger partial charge in [0.15, 0.2) is 0 Å². The summed E-state index contributed by atoms with van der Waals surface area (Å²) in [5.41, 5.74) is 0.721. The van der Waals surface area contributed by atoms with Gasteiger partial charge in [-0.1, -0.05) is 22.0 Å². The van der Waals surface area contributed by atoms with Gasteiger partial charge in [0.2, 0.25) is 9.05 Å². The van der Waals surface area contributed by atoms with Crippen LogP contribution in [-0.2, 0) is 14.8 Å². The average molecular weight is 395 g/mol. The summed E-state index contributed by atoms with van der Waals surface area (Å²) >= 11 is 5.36. The summed E-state index contributed by atoms with van der Waals surface area (Å²) in [5.74, 6) is -0.125. The molecular weight excluding hydrogens is 390 g/mol. The Labute approximate surface area is 103 Å². The molecule has 0 aliphatic heterocycles. The molecule has 0 N–H and O–H groups in total. The first-order chi connectivity index (χ1) is 5.88. The minimum Gasteiger partial charge on any atom is -0.212 e. The summed E-state index contributed by atoms with van der Waals surface area (Å²) in [6.07, 6.45) is 0. The van der Waals surface area contributed by atoms with Crippen LogP contribution in [0.4, 0.5) is 0 Å². The van der Waals surface area contributed by atoms with Gasteiger partial charge in [-0.05, 0) is 40.3 Å². The van der Waals surface area contributed by atoms with Crippen LogP contribution in [0.3, 0.4) is 0 Å². The molecule has 0 unspecified atom stereocenters. The third-order valence-electron chi connectivity index (χ3n) is 1.34. The van der Waals surface area contributed by atoms with Gasteiger partial charge < -0.3 is 0 Å². The van der Waals surface area contributed by atoms with Crippen molar-refractivity contribution in [1.82, 2.24) is 0 Å². The van der Waals surface area contributed by atoms with Gasteiger partial charge in [-0.2, -0.15) is 0 Å². The molecule has 1 rings (SSSR count). The predicted molar refractivity (Wildman–Crippen MR) is 65.3 cm³/mol. The predicted octanol–water partition coefficient (Wildman–Crippen LogP) is 3.12. The zero-order valence-electron chi connectivity index (χ0n) is 6.30. The highest BCUT2D eigenvalue weighted by molar-refractivity contribution is 14.1. The summed E-state index contributed by atoms with van der Waals surface area (Å²) in [5, 5.41) is 0. The topological polar surface area (TPSA) is 34.1 Å². The highest BCUT2D eigenvalue weighted by atomic mass is 127. The van der Waals surface area contributed by atoms with E-state index in [-0.39, 0.29) is 5.75 Å². The van der Waals surface area contributed by atoms with Crippen molar-refractivity contribution in [3.05, 3.63) is 31.8 Å². The maximum absolute atomic E-state index is 10.8. The van der Waals surface area contributed by atoms with Crippen molar-refractivity contribution in [2.24, 2.45) is 0 Å². The smallest absolute Gasteiger partial charge is 0.212 e. The standard InChI is InChI=1S/C7H5BrClIO2S/c8-6-2-1-5(7(10)3-6)4-13(9,11)12/h1-3H,4H2. The van der Waals surface area contributed by atoms with Crippen LogP contribution in [0.5, 0.6) is 0 Å². The van der Waals surface area contributed by atoms with Crippen LogP contribution in [0, 0.1) is 3.57 Å². The Hall–Kier alpha value is 0.670. The van der Waals surface area contributed by atoms with Crippen molar-refractivity contribution in [2.75, 3.05) is 0 Å². The maximum Gasteiger partial charge on any atom is 0.236 e. The summed E-state index contributed by atoms with van der Waals surface area (Å²) < 4.78 is 23.4. The Morgan fingerprint density at radius 3 is 2.54 bits per heavy atom. The monoisotopic (exact) mass is 394 g/mol. The van der Waals surface area contributed by atoms with E-state index >= 15 is 0 Å². The lowest BCUT2D eigenvalue weighted by atomic mass is 10.2. The van der Waals surface area contributed by atoms with Crippen LogP contribution in [0.15, 0.2) is 22.7 Å². The van der Waals surface area contributed by atoms with Crippen molar-refractivity contribution in [2.45, 2.75) is 5.75 Å². The van der Waals surface area contributed by atoms with Crippen molar-refractivity contribution >= 4 is 58.3 Å². The van der Waals surface area contributed by atoms with Gasteiger partial charge >= 0.3 is 0 Å². The number of hydrogen-bond acceptors (Lipinski definition) is 2. The van der Waals surface area contributed by atoms with Crippen molar-refractivity contribution in [3.8, 4) is 0 Å². The van der Waals surface area contributed by atoms with Crippen molar-refractivity contribution in [1.29, 1.82) is 0 Å². The Balaban J connectivity index is 3.04. The van der Waals surface area contributed by atoms with Gasteiger partial charge in [0, 0.05) is 18.7 Å². The third-order valence-corrected chi connectivity index (χ3v) is 3.82. The maximum atomic E-state index is 10.8. The quantitative estimate of drug-likeness (QED) is 0.570. The molecule has 0 saturated carbocycles. The summed E-state index contributed by atoms with van der Waals surface area (Å²) in [6.45, 7) is 0. The molecule has 0 spiro atoms. The fraction of sp³-hybridized carbons (Fsp3) is 0.143. The zero-order valence-corrected chi connectivity index (χ0v) is 11.6. The molecule has 72 valence electrons. The molecular formula is C7H5BrClIO2S. The highest BCUT2D eigenvalue weighted by Gasteiger charge is 2.09. The Morgan fingerprint density at radius 1 is 1.46 bits per heavy atom. The largest absolute Gasteiger partial charge is 0.236 e. The number of benzene rings is 1. The van der Waals surface area contributed by atoms with E-state index in [4.69, 9.17) is 10.7 Å². The van der Waals surface area contributed by atoms with E-state index in [0.717, 1.165) is 13.6 Å². The van der Waals surface area contributed by atoms with Gasteiger partial charge in [0.1, 0.15) is 0 Å². The molecule has 0 radical (unpaired) electrons. The molecule has 0 aliphatic rings. The summed E-state index contributed by atoms with van der Waals surface area (Å²) in [7, 11) is 1.68. The molecule has 1 aromatic rings. The first kappa shape index (κ1) is 11.7. The van der Waals surface area contributed by atoms with Gasteiger partial charge in [0.05, 0.1) is 5.75 Å². The average Bonchev–Trinajstić information content (AvgIpc) is 1.93. The van der Waals surface area contributed by atoms with Crippen molar-refractivity contribution in [3.63, 3.8) is 0 Å². The van der Waals surface area contributed by atoms with Crippen LogP contribution in [-0.4, -0.2) is 8.42 Å². The first-order valence-corrected chi connectivity index (χ1v) is 7.60. The highest BCUT2D eigenvalue weighted by Crippen LogP contribution is 2.21. The number of hydrogen-bond donors (Lipinski definition) is 0. The van der Waals surface area contributed by atoms with E-state index in [1.807, 2.05) is 6.07 Å². The van der Waals surface area contributed by atoms with E-state index in [9.17, 15) is 8.42 Å². The lowest BCUT2D eigenvalue weighted by Crippen LogP contribution is -1.97. The number of rotatable bonds is 2. The minimum atomic E-state index is -3.46. The molecule has 2 nitrogen and oxygen atoms in total. The second kappa shape index (κ2) is 4.46. The van der Waals surface area contributed by atoms with Crippen LogP contribution >= 0.6 is 49.2 Å². The van der Waals surface area contributed by atoms with E-state index in [2.05, 4.69) is 38.5 Å². The molecule has 0 saturated heterocycles. The fourth-order valence-electron chi connectivity index (χ4n) is 0.824. The first-order valence-electron chi connectivity index (χ1n) is 3.25. The van der Waals surface area contributed by atoms with Crippen LogP contribution in [0.1, 0.15) is 5.56 Å². The van der Waals surface area contributed by atoms with Gasteiger partial charge in [0.25, 0.3) is 0 Å². The van der Waals surface area contributed by atoms with E-state index in [1.165, 1.54) is 0 Å². The fourth-order valence-corrected chi connectivity index (χ4v) is 3.55. The lowest BCUT2D eigenvalue weighted by Gasteiger charge is -2.01. The molecule has 6 heteroatoms. The van der Waals surface area contributed by atoms with Gasteiger partial charge in [-0.3, -0.25) is 0 Å². The van der Waals surface area contributed by atoms with E-state index < -0.39 is 9.05 Å². The molecule has 0 amide bonds. The molecule has 0 fully saturated rings. The third kappa shape index (κ3) is 4.14. The minimum absolute atomic E-state index is 0.125. The SMILES string of the molecule is O=S(=O)(Cl)Cc1ccc(Br)cc1I.